The number of hydrogen-bond donors (Lipinski definition) is 0. The second-order valence-electron chi connectivity index (χ2n) is 4.21. The molecule has 1 atom stereocenters. The van der Waals surface area contributed by atoms with Crippen molar-refractivity contribution >= 4 is 5.97 Å². The minimum atomic E-state index is -0.134. The zero-order valence-electron chi connectivity index (χ0n) is 10.5. The monoisotopic (exact) mass is 220 g/mol. The minimum absolute atomic E-state index is 0.116. The first-order chi connectivity index (χ1) is 7.60. The van der Waals surface area contributed by atoms with Crippen LogP contribution in [0.3, 0.4) is 0 Å². The van der Waals surface area contributed by atoms with E-state index in [-0.39, 0.29) is 11.9 Å². The van der Waals surface area contributed by atoms with E-state index in [1.807, 2.05) is 6.07 Å². The highest BCUT2D eigenvalue weighted by molar-refractivity contribution is 5.78. The predicted molar refractivity (Wildman–Crippen MR) is 65.6 cm³/mol. The van der Waals surface area contributed by atoms with Crippen LogP contribution in [0.1, 0.15) is 42.4 Å². The maximum atomic E-state index is 11.7. The molecule has 88 valence electrons. The van der Waals surface area contributed by atoms with Gasteiger partial charge in [0.15, 0.2) is 0 Å². The average molecular weight is 220 g/mol. The standard InChI is InChI=1S/C14H20O2/c1-5-6-13(14(15)16-4)12-8-7-10(2)11(3)9-12/h7-9,13H,5-6H2,1-4H3. The van der Waals surface area contributed by atoms with Crippen molar-refractivity contribution in [2.75, 3.05) is 7.11 Å². The molecule has 0 spiro atoms. The third-order valence-corrected chi connectivity index (χ3v) is 3.00. The fourth-order valence-corrected chi connectivity index (χ4v) is 1.83. The van der Waals surface area contributed by atoms with Crippen molar-refractivity contribution in [3.05, 3.63) is 34.9 Å². The molecule has 0 heterocycles. The lowest BCUT2D eigenvalue weighted by molar-refractivity contribution is -0.142. The first kappa shape index (κ1) is 12.8. The van der Waals surface area contributed by atoms with Crippen LogP contribution in [0.15, 0.2) is 18.2 Å². The highest BCUT2D eigenvalue weighted by atomic mass is 16.5. The van der Waals surface area contributed by atoms with Crippen molar-refractivity contribution in [1.82, 2.24) is 0 Å². The molecule has 16 heavy (non-hydrogen) atoms. The van der Waals surface area contributed by atoms with Gasteiger partial charge in [0.05, 0.1) is 13.0 Å². The van der Waals surface area contributed by atoms with Crippen LogP contribution >= 0.6 is 0 Å². The smallest absolute Gasteiger partial charge is 0.313 e. The normalized spacial score (nSPS) is 12.2. The Hall–Kier alpha value is -1.31. The summed E-state index contributed by atoms with van der Waals surface area (Å²) in [6.45, 7) is 6.22. The summed E-state index contributed by atoms with van der Waals surface area (Å²) in [7, 11) is 1.45. The number of hydrogen-bond acceptors (Lipinski definition) is 2. The third-order valence-electron chi connectivity index (χ3n) is 3.00. The molecule has 0 aliphatic heterocycles. The van der Waals surface area contributed by atoms with Gasteiger partial charge in [0, 0.05) is 0 Å². The number of esters is 1. The van der Waals surface area contributed by atoms with Crippen LogP contribution in [0.4, 0.5) is 0 Å². The molecule has 0 bridgehead atoms. The fourth-order valence-electron chi connectivity index (χ4n) is 1.83. The number of carbonyl (C=O) groups excluding carboxylic acids is 1. The molecule has 0 saturated carbocycles. The second-order valence-corrected chi connectivity index (χ2v) is 4.21. The molecular formula is C14H20O2. The molecule has 0 saturated heterocycles. The molecular weight excluding hydrogens is 200 g/mol. The van der Waals surface area contributed by atoms with Crippen LogP contribution in [-0.4, -0.2) is 13.1 Å². The summed E-state index contributed by atoms with van der Waals surface area (Å²) >= 11 is 0. The molecule has 2 heteroatoms. The molecule has 1 aromatic rings. The molecule has 0 aliphatic carbocycles. The number of benzene rings is 1. The summed E-state index contributed by atoms with van der Waals surface area (Å²) in [6.07, 6.45) is 1.82. The lowest BCUT2D eigenvalue weighted by Crippen LogP contribution is -2.14. The van der Waals surface area contributed by atoms with E-state index in [1.54, 1.807) is 0 Å². The summed E-state index contributed by atoms with van der Waals surface area (Å²) in [5.74, 6) is -0.251. The number of aryl methyl sites for hydroxylation is 2. The Kier molecular flexibility index (Phi) is 4.53. The van der Waals surface area contributed by atoms with Crippen molar-refractivity contribution in [3.8, 4) is 0 Å². The highest BCUT2D eigenvalue weighted by Gasteiger charge is 2.20. The number of carbonyl (C=O) groups is 1. The minimum Gasteiger partial charge on any atom is -0.469 e. The van der Waals surface area contributed by atoms with Crippen molar-refractivity contribution in [3.63, 3.8) is 0 Å². The van der Waals surface area contributed by atoms with Crippen LogP contribution in [0.25, 0.3) is 0 Å². The van der Waals surface area contributed by atoms with Crippen LogP contribution in [0.2, 0.25) is 0 Å². The van der Waals surface area contributed by atoms with Gasteiger partial charge in [0.25, 0.3) is 0 Å². The van der Waals surface area contributed by atoms with Gasteiger partial charge in [0.2, 0.25) is 0 Å². The van der Waals surface area contributed by atoms with Gasteiger partial charge in [-0.1, -0.05) is 31.5 Å². The predicted octanol–water partition coefficient (Wildman–Crippen LogP) is 3.36. The molecule has 0 aliphatic rings. The molecule has 2 nitrogen and oxygen atoms in total. The molecule has 0 amide bonds. The fraction of sp³-hybridized carbons (Fsp3) is 0.500. The molecule has 0 N–H and O–H groups in total. The largest absolute Gasteiger partial charge is 0.469 e. The maximum absolute atomic E-state index is 11.7. The second kappa shape index (κ2) is 5.69. The van der Waals surface area contributed by atoms with E-state index in [9.17, 15) is 4.79 Å². The van der Waals surface area contributed by atoms with E-state index in [0.717, 1.165) is 18.4 Å². The molecule has 1 aromatic carbocycles. The van der Waals surface area contributed by atoms with Gasteiger partial charge in [-0.2, -0.15) is 0 Å². The van der Waals surface area contributed by atoms with E-state index in [2.05, 4.69) is 32.9 Å². The van der Waals surface area contributed by atoms with Crippen molar-refractivity contribution in [1.29, 1.82) is 0 Å². The van der Waals surface area contributed by atoms with Gasteiger partial charge in [0.1, 0.15) is 0 Å². The molecule has 0 radical (unpaired) electrons. The molecule has 1 unspecified atom stereocenters. The van der Waals surface area contributed by atoms with Crippen molar-refractivity contribution in [2.45, 2.75) is 39.5 Å². The Morgan fingerprint density at radius 1 is 1.31 bits per heavy atom. The van der Waals surface area contributed by atoms with Gasteiger partial charge in [-0.25, -0.2) is 0 Å². The van der Waals surface area contributed by atoms with E-state index in [0.29, 0.717) is 0 Å². The first-order valence-electron chi connectivity index (χ1n) is 5.75. The van der Waals surface area contributed by atoms with E-state index in [1.165, 1.54) is 18.2 Å². The Bertz CT molecular complexity index is 369. The topological polar surface area (TPSA) is 26.3 Å². The summed E-state index contributed by atoms with van der Waals surface area (Å²) in [4.78, 5) is 11.7. The van der Waals surface area contributed by atoms with Gasteiger partial charge >= 0.3 is 5.97 Å². The van der Waals surface area contributed by atoms with Gasteiger partial charge < -0.3 is 4.74 Å². The van der Waals surface area contributed by atoms with Gasteiger partial charge in [-0.15, -0.1) is 0 Å². The van der Waals surface area contributed by atoms with Gasteiger partial charge in [-0.3, -0.25) is 4.79 Å². The summed E-state index contributed by atoms with van der Waals surface area (Å²) in [5.41, 5.74) is 3.54. The number of ether oxygens (including phenoxy) is 1. The Labute approximate surface area is 97.6 Å². The summed E-state index contributed by atoms with van der Waals surface area (Å²) in [6, 6.07) is 6.18. The SMILES string of the molecule is CCCC(C(=O)OC)c1ccc(C)c(C)c1. The first-order valence-corrected chi connectivity index (χ1v) is 5.75. The van der Waals surface area contributed by atoms with Crippen molar-refractivity contribution < 1.29 is 9.53 Å². The lowest BCUT2D eigenvalue weighted by Gasteiger charge is -2.15. The molecule has 0 fully saturated rings. The Morgan fingerprint density at radius 3 is 2.50 bits per heavy atom. The van der Waals surface area contributed by atoms with Crippen molar-refractivity contribution in [2.24, 2.45) is 0 Å². The Balaban J connectivity index is 3.01. The molecule has 1 rings (SSSR count). The Morgan fingerprint density at radius 2 is 2.00 bits per heavy atom. The van der Waals surface area contributed by atoms with E-state index < -0.39 is 0 Å². The van der Waals surface area contributed by atoms with Crippen LogP contribution in [-0.2, 0) is 9.53 Å². The van der Waals surface area contributed by atoms with Crippen LogP contribution in [0.5, 0.6) is 0 Å². The van der Waals surface area contributed by atoms with Crippen LogP contribution in [0, 0.1) is 13.8 Å². The quantitative estimate of drug-likeness (QED) is 0.727. The zero-order valence-corrected chi connectivity index (χ0v) is 10.5. The number of methoxy groups -OCH3 is 1. The van der Waals surface area contributed by atoms with E-state index >= 15 is 0 Å². The van der Waals surface area contributed by atoms with E-state index in [4.69, 9.17) is 4.74 Å². The third kappa shape index (κ3) is 2.84. The average Bonchev–Trinajstić information content (AvgIpc) is 2.29. The van der Waals surface area contributed by atoms with Crippen LogP contribution < -0.4 is 0 Å². The number of rotatable bonds is 4. The zero-order chi connectivity index (χ0) is 12.1. The summed E-state index contributed by atoms with van der Waals surface area (Å²) < 4.78 is 4.85. The maximum Gasteiger partial charge on any atom is 0.313 e. The molecule has 0 aromatic heterocycles. The van der Waals surface area contributed by atoms with Gasteiger partial charge in [-0.05, 0) is 37.0 Å². The summed E-state index contributed by atoms with van der Waals surface area (Å²) in [5, 5.41) is 0. The lowest BCUT2D eigenvalue weighted by atomic mass is 9.92. The highest BCUT2D eigenvalue weighted by Crippen LogP contribution is 2.24.